The average Bonchev–Trinajstić information content (AvgIpc) is 3.44. The Bertz CT molecular complexity index is 974. The van der Waals surface area contributed by atoms with E-state index in [1.54, 1.807) is 25.1 Å². The minimum atomic E-state index is -0.906. The summed E-state index contributed by atoms with van der Waals surface area (Å²) < 4.78 is 14.0. The minimum absolute atomic E-state index is 0.153. The summed E-state index contributed by atoms with van der Waals surface area (Å²) in [6, 6.07) is 8.16. The molecule has 0 aliphatic heterocycles. The summed E-state index contributed by atoms with van der Waals surface area (Å²) in [5.74, 6) is -0.173. The van der Waals surface area contributed by atoms with E-state index >= 15 is 0 Å². The topological polar surface area (TPSA) is 115 Å². The molecule has 1 aliphatic carbocycles. The molecule has 0 saturated heterocycles. The second kappa shape index (κ2) is 7.33. The molecule has 0 atom stereocenters. The number of amides is 1. The lowest BCUT2D eigenvalue weighted by atomic mass is 9.94. The van der Waals surface area contributed by atoms with Gasteiger partial charge in [0.05, 0.1) is 11.6 Å². The molecule has 7 nitrogen and oxygen atoms in total. The van der Waals surface area contributed by atoms with Crippen LogP contribution in [0.3, 0.4) is 0 Å². The molecule has 1 aliphatic rings. The number of benzene rings is 1. The molecule has 1 saturated carbocycles. The van der Waals surface area contributed by atoms with Gasteiger partial charge in [-0.05, 0) is 31.9 Å². The lowest BCUT2D eigenvalue weighted by Crippen LogP contribution is -2.38. The van der Waals surface area contributed by atoms with Crippen LogP contribution in [0, 0.1) is 29.5 Å². The summed E-state index contributed by atoms with van der Waals surface area (Å²) in [6.07, 6.45) is 5.21. The molecule has 136 valence electrons. The standard InChI is InChI=1S/C19H17FN6O/c1-12-24-11-13(10-21)17(25-12)23-9-6-16(22)26-18(27)19(7-8-19)14-4-2-3-5-15(14)20/h2-6,9,11H,7-8H2,1H3,(H2,22,26,27)(H,23,24,25)/b9-6-. The van der Waals surface area contributed by atoms with E-state index in [4.69, 9.17) is 10.7 Å². The van der Waals surface area contributed by atoms with E-state index in [-0.39, 0.29) is 11.4 Å². The number of nitriles is 1. The van der Waals surface area contributed by atoms with Crippen LogP contribution in [0.25, 0.3) is 0 Å². The molecule has 0 radical (unpaired) electrons. The Hall–Kier alpha value is -3.60. The molecule has 3 N–H and O–H groups in total. The van der Waals surface area contributed by atoms with Gasteiger partial charge in [-0.25, -0.2) is 14.4 Å². The number of amidine groups is 1. The number of hydrogen-bond acceptors (Lipinski definition) is 6. The second-order valence-corrected chi connectivity index (χ2v) is 6.20. The lowest BCUT2D eigenvalue weighted by Gasteiger charge is -2.16. The first-order valence-electron chi connectivity index (χ1n) is 8.28. The Morgan fingerprint density at radius 3 is 2.81 bits per heavy atom. The van der Waals surface area contributed by atoms with E-state index in [1.807, 2.05) is 6.07 Å². The van der Waals surface area contributed by atoms with Crippen LogP contribution in [0.5, 0.6) is 0 Å². The van der Waals surface area contributed by atoms with Gasteiger partial charge in [0.2, 0.25) is 5.91 Å². The summed E-state index contributed by atoms with van der Waals surface area (Å²) in [5, 5.41) is 22.2. The van der Waals surface area contributed by atoms with E-state index in [0.29, 0.717) is 30.0 Å². The predicted octanol–water partition coefficient (Wildman–Crippen LogP) is 2.55. The molecule has 0 unspecified atom stereocenters. The highest BCUT2D eigenvalue weighted by Gasteiger charge is 2.52. The lowest BCUT2D eigenvalue weighted by molar-refractivity contribution is -0.122. The number of carbonyl (C=O) groups is 1. The number of aryl methyl sites for hydroxylation is 1. The Morgan fingerprint density at radius 1 is 1.41 bits per heavy atom. The van der Waals surface area contributed by atoms with Gasteiger partial charge >= 0.3 is 0 Å². The van der Waals surface area contributed by atoms with E-state index in [9.17, 15) is 9.18 Å². The minimum Gasteiger partial charge on any atom is -0.345 e. The molecule has 1 aromatic heterocycles. The molecule has 1 aromatic carbocycles. The zero-order valence-electron chi connectivity index (χ0n) is 14.6. The first-order chi connectivity index (χ1) is 13.0. The monoisotopic (exact) mass is 364 g/mol. The normalized spacial score (nSPS) is 14.4. The van der Waals surface area contributed by atoms with Crippen LogP contribution >= 0.6 is 0 Å². The highest BCUT2D eigenvalue weighted by molar-refractivity contribution is 6.07. The van der Waals surface area contributed by atoms with Crippen LogP contribution in [-0.2, 0) is 10.2 Å². The van der Waals surface area contributed by atoms with Crippen molar-refractivity contribution < 1.29 is 9.18 Å². The summed E-state index contributed by atoms with van der Waals surface area (Å²) >= 11 is 0. The average molecular weight is 364 g/mol. The molecule has 1 amide bonds. The zero-order chi connectivity index (χ0) is 19.4. The molecule has 0 spiro atoms. The molecule has 8 heteroatoms. The van der Waals surface area contributed by atoms with Crippen molar-refractivity contribution in [2.75, 3.05) is 5.32 Å². The van der Waals surface area contributed by atoms with Gasteiger partial charge in [0, 0.05) is 11.8 Å². The van der Waals surface area contributed by atoms with Crippen molar-refractivity contribution >= 4 is 17.6 Å². The van der Waals surface area contributed by atoms with Crippen molar-refractivity contribution in [2.45, 2.75) is 25.2 Å². The molecule has 1 heterocycles. The van der Waals surface area contributed by atoms with Gasteiger partial charge in [-0.1, -0.05) is 18.2 Å². The van der Waals surface area contributed by atoms with E-state index in [1.165, 1.54) is 24.5 Å². The molecular weight excluding hydrogens is 347 g/mol. The Balaban J connectivity index is 1.64. The van der Waals surface area contributed by atoms with Crippen molar-refractivity contribution in [2.24, 2.45) is 0 Å². The number of anilines is 1. The third-order valence-electron chi connectivity index (χ3n) is 4.32. The fourth-order valence-electron chi connectivity index (χ4n) is 2.74. The van der Waals surface area contributed by atoms with Crippen LogP contribution < -0.4 is 10.6 Å². The number of nitrogens with zero attached hydrogens (tertiary/aromatic N) is 3. The molecule has 1 fully saturated rings. The highest BCUT2D eigenvalue weighted by atomic mass is 19.1. The number of nitrogens with one attached hydrogen (secondary N) is 3. The second-order valence-electron chi connectivity index (χ2n) is 6.20. The van der Waals surface area contributed by atoms with Crippen molar-refractivity contribution in [3.05, 3.63) is 65.5 Å². The van der Waals surface area contributed by atoms with Gasteiger partial charge in [0.15, 0.2) is 5.82 Å². The third-order valence-corrected chi connectivity index (χ3v) is 4.32. The number of aromatic nitrogens is 2. The fraction of sp³-hybridized carbons (Fsp3) is 0.211. The summed E-state index contributed by atoms with van der Waals surface area (Å²) in [6.45, 7) is 1.69. The first-order valence-corrected chi connectivity index (χ1v) is 8.28. The smallest absolute Gasteiger partial charge is 0.236 e. The van der Waals surface area contributed by atoms with Crippen molar-refractivity contribution in [3.8, 4) is 6.07 Å². The van der Waals surface area contributed by atoms with Gasteiger partial charge < -0.3 is 10.6 Å². The highest BCUT2D eigenvalue weighted by Crippen LogP contribution is 2.49. The zero-order valence-corrected chi connectivity index (χ0v) is 14.6. The van der Waals surface area contributed by atoms with Crippen LogP contribution in [0.1, 0.15) is 29.8 Å². The van der Waals surface area contributed by atoms with Crippen LogP contribution in [0.4, 0.5) is 10.2 Å². The predicted molar refractivity (Wildman–Crippen MR) is 97.4 cm³/mol. The largest absolute Gasteiger partial charge is 0.345 e. The third kappa shape index (κ3) is 3.82. The molecular formula is C19H17FN6O. The first kappa shape index (κ1) is 18.2. The van der Waals surface area contributed by atoms with E-state index < -0.39 is 17.1 Å². The van der Waals surface area contributed by atoms with Gasteiger partial charge in [-0.2, -0.15) is 5.26 Å². The summed E-state index contributed by atoms with van der Waals surface area (Å²) in [7, 11) is 0. The maximum Gasteiger partial charge on any atom is 0.236 e. The quantitative estimate of drug-likeness (QED) is 0.557. The SMILES string of the molecule is Cc1ncc(C#N)c(N/C=C\C(=N)NC(=O)C2(c3ccccc3F)CC2)n1. The van der Waals surface area contributed by atoms with Crippen LogP contribution in [0.15, 0.2) is 42.7 Å². The van der Waals surface area contributed by atoms with Gasteiger partial charge in [0.25, 0.3) is 0 Å². The van der Waals surface area contributed by atoms with E-state index in [2.05, 4.69) is 20.6 Å². The van der Waals surface area contributed by atoms with Gasteiger partial charge in [0.1, 0.15) is 29.1 Å². The van der Waals surface area contributed by atoms with Crippen molar-refractivity contribution in [1.29, 1.82) is 10.7 Å². The number of halogens is 1. The van der Waals surface area contributed by atoms with Crippen molar-refractivity contribution in [1.82, 2.24) is 15.3 Å². The molecule has 3 rings (SSSR count). The van der Waals surface area contributed by atoms with Gasteiger partial charge in [-0.15, -0.1) is 0 Å². The van der Waals surface area contributed by atoms with Crippen molar-refractivity contribution in [3.63, 3.8) is 0 Å². The van der Waals surface area contributed by atoms with E-state index in [0.717, 1.165) is 0 Å². The summed E-state index contributed by atoms with van der Waals surface area (Å²) in [5.41, 5.74) is -0.291. The maximum atomic E-state index is 14.0. The maximum absolute atomic E-state index is 14.0. The Labute approximate surface area is 155 Å². The number of hydrogen-bond donors (Lipinski definition) is 3. The summed E-state index contributed by atoms with van der Waals surface area (Å²) in [4.78, 5) is 20.6. The Kier molecular flexibility index (Phi) is 4.94. The van der Waals surface area contributed by atoms with Gasteiger partial charge in [-0.3, -0.25) is 10.2 Å². The molecule has 2 aromatic rings. The van der Waals surface area contributed by atoms with Crippen LogP contribution in [-0.4, -0.2) is 21.7 Å². The fourth-order valence-corrected chi connectivity index (χ4v) is 2.74. The Morgan fingerprint density at radius 2 is 2.15 bits per heavy atom. The number of rotatable bonds is 5. The molecule has 0 bridgehead atoms. The van der Waals surface area contributed by atoms with Crippen LogP contribution in [0.2, 0.25) is 0 Å². The molecule has 27 heavy (non-hydrogen) atoms. The number of carbonyl (C=O) groups excluding carboxylic acids is 1.